The Hall–Kier alpha value is -0.330. The van der Waals surface area contributed by atoms with Crippen LogP contribution < -0.4 is 4.72 Å². The highest BCUT2D eigenvalue weighted by Gasteiger charge is 2.23. The Kier molecular flexibility index (Phi) is 5.31. The summed E-state index contributed by atoms with van der Waals surface area (Å²) in [5, 5.41) is 0.762. The van der Waals surface area contributed by atoms with Crippen LogP contribution >= 0.6 is 23.2 Å². The molecule has 0 radical (unpaired) electrons. The SMILES string of the molecule is CN1CCC(NS(=O)(=O)Cc2c(Cl)cccc2Cl)CC1. The van der Waals surface area contributed by atoms with Gasteiger partial charge in [0.2, 0.25) is 10.0 Å². The number of benzene rings is 1. The fourth-order valence-electron chi connectivity index (χ4n) is 2.28. The van der Waals surface area contributed by atoms with E-state index in [0.717, 1.165) is 25.9 Å². The van der Waals surface area contributed by atoms with Gasteiger partial charge in [-0.05, 0) is 45.1 Å². The Morgan fingerprint density at radius 2 is 1.80 bits per heavy atom. The highest BCUT2D eigenvalue weighted by molar-refractivity contribution is 7.88. The summed E-state index contributed by atoms with van der Waals surface area (Å²) in [6, 6.07) is 4.99. The van der Waals surface area contributed by atoms with Gasteiger partial charge < -0.3 is 4.90 Å². The summed E-state index contributed by atoms with van der Waals surface area (Å²) < 4.78 is 27.2. The van der Waals surface area contributed by atoms with E-state index in [-0.39, 0.29) is 11.8 Å². The van der Waals surface area contributed by atoms with E-state index in [1.54, 1.807) is 18.2 Å². The van der Waals surface area contributed by atoms with Crippen LogP contribution in [0, 0.1) is 0 Å². The molecule has 1 N–H and O–H groups in total. The van der Waals surface area contributed by atoms with Gasteiger partial charge in [0, 0.05) is 21.7 Å². The average Bonchev–Trinajstić information content (AvgIpc) is 2.37. The van der Waals surface area contributed by atoms with Crippen LogP contribution in [0.25, 0.3) is 0 Å². The van der Waals surface area contributed by atoms with Crippen LogP contribution in [-0.4, -0.2) is 39.5 Å². The summed E-state index contributed by atoms with van der Waals surface area (Å²) in [5.74, 6) is -0.183. The average molecular weight is 337 g/mol. The lowest BCUT2D eigenvalue weighted by Crippen LogP contribution is -2.43. The van der Waals surface area contributed by atoms with Crippen molar-refractivity contribution in [1.29, 1.82) is 0 Å². The first-order valence-electron chi connectivity index (χ1n) is 6.49. The third kappa shape index (κ3) is 4.33. The van der Waals surface area contributed by atoms with Crippen molar-refractivity contribution in [2.75, 3.05) is 20.1 Å². The third-order valence-corrected chi connectivity index (χ3v) is 5.53. The maximum Gasteiger partial charge on any atom is 0.216 e. The van der Waals surface area contributed by atoms with Gasteiger partial charge >= 0.3 is 0 Å². The summed E-state index contributed by atoms with van der Waals surface area (Å²) in [6.07, 6.45) is 1.65. The van der Waals surface area contributed by atoms with Crippen molar-refractivity contribution in [3.63, 3.8) is 0 Å². The summed E-state index contributed by atoms with van der Waals surface area (Å²) >= 11 is 12.0. The van der Waals surface area contributed by atoms with Gasteiger partial charge in [0.25, 0.3) is 0 Å². The summed E-state index contributed by atoms with van der Waals surface area (Å²) in [4.78, 5) is 2.19. The minimum Gasteiger partial charge on any atom is -0.306 e. The fourth-order valence-corrected chi connectivity index (χ4v) is 4.49. The van der Waals surface area contributed by atoms with E-state index in [4.69, 9.17) is 23.2 Å². The first-order valence-corrected chi connectivity index (χ1v) is 8.89. The molecule has 1 heterocycles. The number of sulfonamides is 1. The number of nitrogens with zero attached hydrogens (tertiary/aromatic N) is 1. The van der Waals surface area contributed by atoms with Gasteiger partial charge in [0.05, 0.1) is 5.75 Å². The molecule has 1 aromatic carbocycles. The second-order valence-electron chi connectivity index (χ2n) is 5.15. The van der Waals surface area contributed by atoms with E-state index in [1.165, 1.54) is 0 Å². The zero-order chi connectivity index (χ0) is 14.8. The van der Waals surface area contributed by atoms with Gasteiger partial charge in [0.1, 0.15) is 0 Å². The van der Waals surface area contributed by atoms with Crippen molar-refractivity contribution < 1.29 is 8.42 Å². The van der Waals surface area contributed by atoms with Gasteiger partial charge in [0.15, 0.2) is 0 Å². The van der Waals surface area contributed by atoms with Gasteiger partial charge in [-0.1, -0.05) is 29.3 Å². The molecule has 7 heteroatoms. The Morgan fingerprint density at radius 3 is 2.35 bits per heavy atom. The lowest BCUT2D eigenvalue weighted by molar-refractivity contribution is 0.248. The van der Waals surface area contributed by atoms with E-state index >= 15 is 0 Å². The third-order valence-electron chi connectivity index (χ3n) is 3.46. The van der Waals surface area contributed by atoms with Gasteiger partial charge in [-0.3, -0.25) is 0 Å². The molecular formula is C13H18Cl2N2O2S. The smallest absolute Gasteiger partial charge is 0.216 e. The topological polar surface area (TPSA) is 49.4 Å². The van der Waals surface area contributed by atoms with Crippen molar-refractivity contribution in [2.45, 2.75) is 24.6 Å². The lowest BCUT2D eigenvalue weighted by atomic mass is 10.1. The summed E-state index contributed by atoms with van der Waals surface area (Å²) in [7, 11) is -1.40. The maximum atomic E-state index is 12.2. The molecule has 1 aliphatic rings. The molecule has 1 saturated heterocycles. The summed E-state index contributed by atoms with van der Waals surface area (Å²) in [5.41, 5.74) is 0.455. The standard InChI is InChI=1S/C13H18Cl2N2O2S/c1-17-7-5-10(6-8-17)16-20(18,19)9-11-12(14)3-2-4-13(11)15/h2-4,10,16H,5-9H2,1H3. The minimum absolute atomic E-state index is 0.00235. The molecule has 1 aliphatic heterocycles. The molecule has 0 aromatic heterocycles. The molecule has 0 unspecified atom stereocenters. The minimum atomic E-state index is -3.43. The molecule has 1 fully saturated rings. The second kappa shape index (κ2) is 6.62. The van der Waals surface area contributed by atoms with Gasteiger partial charge in [-0.2, -0.15) is 0 Å². The Labute approximate surface area is 130 Å². The Morgan fingerprint density at radius 1 is 1.25 bits per heavy atom. The lowest BCUT2D eigenvalue weighted by Gasteiger charge is -2.29. The van der Waals surface area contributed by atoms with E-state index in [1.807, 2.05) is 7.05 Å². The molecule has 0 amide bonds. The molecule has 0 saturated carbocycles. The first-order chi connectivity index (χ1) is 9.37. The van der Waals surface area contributed by atoms with Crippen LogP contribution in [0.3, 0.4) is 0 Å². The molecule has 20 heavy (non-hydrogen) atoms. The van der Waals surface area contributed by atoms with Crippen LogP contribution in [0.4, 0.5) is 0 Å². The molecule has 0 spiro atoms. The van der Waals surface area contributed by atoms with Crippen LogP contribution in [0.1, 0.15) is 18.4 Å². The van der Waals surface area contributed by atoms with Crippen molar-refractivity contribution >= 4 is 33.2 Å². The molecule has 2 rings (SSSR count). The number of halogens is 2. The number of likely N-dealkylation sites (tertiary alicyclic amines) is 1. The van der Waals surface area contributed by atoms with Crippen molar-refractivity contribution in [3.05, 3.63) is 33.8 Å². The summed E-state index contributed by atoms with van der Waals surface area (Å²) in [6.45, 7) is 1.81. The monoisotopic (exact) mass is 336 g/mol. The number of rotatable bonds is 4. The molecule has 1 aromatic rings. The van der Waals surface area contributed by atoms with E-state index in [0.29, 0.717) is 15.6 Å². The van der Waals surface area contributed by atoms with Crippen molar-refractivity contribution in [1.82, 2.24) is 9.62 Å². The maximum absolute atomic E-state index is 12.2. The highest BCUT2D eigenvalue weighted by Crippen LogP contribution is 2.26. The largest absolute Gasteiger partial charge is 0.306 e. The van der Waals surface area contributed by atoms with E-state index in [2.05, 4.69) is 9.62 Å². The van der Waals surface area contributed by atoms with Crippen LogP contribution in [-0.2, 0) is 15.8 Å². The molecule has 4 nitrogen and oxygen atoms in total. The second-order valence-corrected chi connectivity index (χ2v) is 7.72. The predicted molar refractivity (Wildman–Crippen MR) is 82.7 cm³/mol. The van der Waals surface area contributed by atoms with E-state index < -0.39 is 10.0 Å². The molecule has 0 bridgehead atoms. The number of nitrogens with one attached hydrogen (secondary N) is 1. The van der Waals surface area contributed by atoms with Crippen LogP contribution in [0.5, 0.6) is 0 Å². The Bertz CT molecular complexity index is 549. The van der Waals surface area contributed by atoms with Crippen molar-refractivity contribution in [2.24, 2.45) is 0 Å². The van der Waals surface area contributed by atoms with Crippen molar-refractivity contribution in [3.8, 4) is 0 Å². The predicted octanol–water partition coefficient (Wildman–Crippen LogP) is 2.51. The normalized spacial score (nSPS) is 18.4. The number of hydrogen-bond acceptors (Lipinski definition) is 3. The Balaban J connectivity index is 2.04. The van der Waals surface area contributed by atoms with E-state index in [9.17, 15) is 8.42 Å². The number of hydrogen-bond donors (Lipinski definition) is 1. The zero-order valence-corrected chi connectivity index (χ0v) is 13.6. The molecule has 0 aliphatic carbocycles. The highest BCUT2D eigenvalue weighted by atomic mass is 35.5. The molecule has 0 atom stereocenters. The fraction of sp³-hybridized carbons (Fsp3) is 0.538. The number of piperidine rings is 1. The zero-order valence-electron chi connectivity index (χ0n) is 11.3. The van der Waals surface area contributed by atoms with Crippen LogP contribution in [0.2, 0.25) is 10.0 Å². The first kappa shape index (κ1) is 16.0. The molecular weight excluding hydrogens is 319 g/mol. The van der Waals surface area contributed by atoms with Gasteiger partial charge in [-0.15, -0.1) is 0 Å². The quantitative estimate of drug-likeness (QED) is 0.918. The van der Waals surface area contributed by atoms with Crippen LogP contribution in [0.15, 0.2) is 18.2 Å². The molecule has 112 valence electrons. The van der Waals surface area contributed by atoms with Gasteiger partial charge in [-0.25, -0.2) is 13.1 Å².